The molecule has 0 fully saturated rings. The largest absolute Gasteiger partial charge is 0.278 e. The molecule has 0 aliphatic rings. The SMILES string of the molecule is Cc1cncc(C#Cc2cc(F)ccc2NS(=O)(=O)c2c(C)ccc3cccnc23)c1. The maximum atomic E-state index is 13.9. The second kappa shape index (κ2) is 8.17. The van der Waals surface area contributed by atoms with Gasteiger partial charge in [0.05, 0.1) is 16.8 Å². The van der Waals surface area contributed by atoms with Crippen LogP contribution in [0.15, 0.2) is 72.0 Å². The number of hydrogen-bond acceptors (Lipinski definition) is 4. The molecule has 1 N–H and O–H groups in total. The van der Waals surface area contributed by atoms with E-state index in [1.54, 1.807) is 43.7 Å². The molecule has 0 aliphatic carbocycles. The maximum absolute atomic E-state index is 13.9. The summed E-state index contributed by atoms with van der Waals surface area (Å²) in [6.07, 6.45) is 4.84. The lowest BCUT2D eigenvalue weighted by Gasteiger charge is -2.13. The summed E-state index contributed by atoms with van der Waals surface area (Å²) in [5.74, 6) is 5.24. The Bertz CT molecular complexity index is 1470. The van der Waals surface area contributed by atoms with E-state index in [1.165, 1.54) is 18.2 Å². The number of aromatic nitrogens is 2. The molecule has 0 spiro atoms. The van der Waals surface area contributed by atoms with Crippen LogP contribution in [-0.2, 0) is 10.0 Å². The highest BCUT2D eigenvalue weighted by molar-refractivity contribution is 7.93. The number of nitrogens with one attached hydrogen (secondary N) is 1. The Morgan fingerprint density at radius 3 is 2.65 bits per heavy atom. The standard InChI is InChI=1S/C24H18FN3O2S/c1-16-12-18(15-26-14-16)6-8-20-13-21(25)9-10-22(20)28-31(29,30)24-17(2)5-7-19-4-3-11-27-23(19)24/h3-5,7,9-15,28H,1-2H3. The monoisotopic (exact) mass is 431 g/mol. The van der Waals surface area contributed by atoms with E-state index in [0.717, 1.165) is 5.56 Å². The maximum Gasteiger partial charge on any atom is 0.264 e. The first-order chi connectivity index (χ1) is 14.8. The van der Waals surface area contributed by atoms with Crippen LogP contribution in [0.4, 0.5) is 10.1 Å². The van der Waals surface area contributed by atoms with Crippen LogP contribution in [-0.4, -0.2) is 18.4 Å². The van der Waals surface area contributed by atoms with Crippen molar-refractivity contribution in [3.05, 3.63) is 95.2 Å². The zero-order chi connectivity index (χ0) is 22.0. The molecule has 0 aliphatic heterocycles. The fourth-order valence-corrected chi connectivity index (χ4v) is 4.71. The van der Waals surface area contributed by atoms with Crippen molar-refractivity contribution in [3.63, 3.8) is 0 Å². The molecular formula is C24H18FN3O2S. The van der Waals surface area contributed by atoms with Gasteiger partial charge < -0.3 is 0 Å². The van der Waals surface area contributed by atoms with E-state index in [4.69, 9.17) is 0 Å². The van der Waals surface area contributed by atoms with Crippen LogP contribution in [0.3, 0.4) is 0 Å². The number of benzene rings is 2. The molecule has 7 heteroatoms. The van der Waals surface area contributed by atoms with Crippen LogP contribution in [0.25, 0.3) is 10.9 Å². The molecule has 2 aromatic carbocycles. The Morgan fingerprint density at radius 2 is 1.84 bits per heavy atom. The first kappa shape index (κ1) is 20.5. The molecule has 4 aromatic rings. The first-order valence-electron chi connectivity index (χ1n) is 9.44. The van der Waals surface area contributed by atoms with Crippen molar-refractivity contribution in [2.75, 3.05) is 4.72 Å². The molecule has 4 rings (SSSR count). The van der Waals surface area contributed by atoms with Crippen molar-refractivity contribution < 1.29 is 12.8 Å². The van der Waals surface area contributed by atoms with Crippen LogP contribution >= 0.6 is 0 Å². The lowest BCUT2D eigenvalue weighted by atomic mass is 10.1. The van der Waals surface area contributed by atoms with Gasteiger partial charge in [0.1, 0.15) is 10.7 Å². The second-order valence-corrected chi connectivity index (χ2v) is 8.70. The zero-order valence-corrected chi connectivity index (χ0v) is 17.7. The molecule has 0 saturated heterocycles. The van der Waals surface area contributed by atoms with Crippen LogP contribution in [0.5, 0.6) is 0 Å². The summed E-state index contributed by atoms with van der Waals surface area (Å²) >= 11 is 0. The van der Waals surface area contributed by atoms with Gasteiger partial charge in [-0.25, -0.2) is 12.8 Å². The number of halogens is 1. The van der Waals surface area contributed by atoms with E-state index in [0.29, 0.717) is 22.0 Å². The zero-order valence-electron chi connectivity index (χ0n) is 16.8. The van der Waals surface area contributed by atoms with Crippen molar-refractivity contribution in [3.8, 4) is 11.8 Å². The van der Waals surface area contributed by atoms with Gasteiger partial charge in [-0.3, -0.25) is 14.7 Å². The van der Waals surface area contributed by atoms with Crippen LogP contribution in [0.1, 0.15) is 22.3 Å². The lowest BCUT2D eigenvalue weighted by Crippen LogP contribution is -2.16. The molecule has 0 bridgehead atoms. The molecule has 0 atom stereocenters. The second-order valence-electron chi connectivity index (χ2n) is 7.08. The summed E-state index contributed by atoms with van der Waals surface area (Å²) in [6.45, 7) is 3.60. The minimum Gasteiger partial charge on any atom is -0.278 e. The summed E-state index contributed by atoms with van der Waals surface area (Å²) in [5.41, 5.74) is 2.91. The van der Waals surface area contributed by atoms with Gasteiger partial charge in [0, 0.05) is 29.5 Å². The van der Waals surface area contributed by atoms with Crippen LogP contribution in [0, 0.1) is 31.5 Å². The molecular weight excluding hydrogens is 413 g/mol. The minimum absolute atomic E-state index is 0.0803. The van der Waals surface area contributed by atoms with Gasteiger partial charge in [-0.15, -0.1) is 0 Å². The Kier molecular flexibility index (Phi) is 5.40. The van der Waals surface area contributed by atoms with Gasteiger partial charge in [0.15, 0.2) is 0 Å². The molecule has 5 nitrogen and oxygen atoms in total. The fourth-order valence-electron chi connectivity index (χ4n) is 3.23. The Morgan fingerprint density at radius 1 is 1.00 bits per heavy atom. The average Bonchev–Trinajstić information content (AvgIpc) is 2.73. The topological polar surface area (TPSA) is 72.0 Å². The fraction of sp³-hybridized carbons (Fsp3) is 0.0833. The number of aryl methyl sites for hydroxylation is 2. The average molecular weight is 431 g/mol. The van der Waals surface area contributed by atoms with Crippen molar-refractivity contribution in [1.82, 2.24) is 9.97 Å². The van der Waals surface area contributed by atoms with E-state index in [9.17, 15) is 12.8 Å². The third-order valence-electron chi connectivity index (χ3n) is 4.64. The van der Waals surface area contributed by atoms with E-state index in [-0.39, 0.29) is 16.1 Å². The highest BCUT2D eigenvalue weighted by Crippen LogP contribution is 2.28. The van der Waals surface area contributed by atoms with Gasteiger partial charge >= 0.3 is 0 Å². The number of pyridine rings is 2. The highest BCUT2D eigenvalue weighted by Gasteiger charge is 2.22. The number of fused-ring (bicyclic) bond motifs is 1. The summed E-state index contributed by atoms with van der Waals surface area (Å²) in [7, 11) is -4.01. The molecule has 2 heterocycles. The first-order valence-corrected chi connectivity index (χ1v) is 10.9. The van der Waals surface area contributed by atoms with Crippen LogP contribution in [0.2, 0.25) is 0 Å². The molecule has 154 valence electrons. The van der Waals surface area contributed by atoms with E-state index in [2.05, 4.69) is 26.5 Å². The van der Waals surface area contributed by atoms with Gasteiger partial charge in [0.2, 0.25) is 0 Å². The van der Waals surface area contributed by atoms with Crippen molar-refractivity contribution >= 4 is 26.6 Å². The predicted octanol–water partition coefficient (Wildman–Crippen LogP) is 4.59. The Labute approximate surface area is 180 Å². The lowest BCUT2D eigenvalue weighted by molar-refractivity contribution is 0.601. The Hall–Kier alpha value is -3.76. The quantitative estimate of drug-likeness (QED) is 0.482. The molecule has 31 heavy (non-hydrogen) atoms. The molecule has 0 saturated carbocycles. The summed E-state index contributed by atoms with van der Waals surface area (Å²) in [5, 5.41) is 0.708. The van der Waals surface area contributed by atoms with E-state index >= 15 is 0 Å². The normalized spacial score (nSPS) is 11.1. The van der Waals surface area contributed by atoms with Gasteiger partial charge in [-0.2, -0.15) is 0 Å². The molecule has 0 amide bonds. The number of nitrogens with zero attached hydrogens (tertiary/aromatic N) is 2. The summed E-state index contributed by atoms with van der Waals surface area (Å²) < 4.78 is 43.0. The molecule has 2 aromatic heterocycles. The number of anilines is 1. The number of hydrogen-bond donors (Lipinski definition) is 1. The van der Waals surface area contributed by atoms with Crippen molar-refractivity contribution in [2.24, 2.45) is 0 Å². The van der Waals surface area contributed by atoms with Gasteiger partial charge in [-0.1, -0.05) is 30.0 Å². The van der Waals surface area contributed by atoms with Gasteiger partial charge in [0.25, 0.3) is 10.0 Å². The van der Waals surface area contributed by atoms with Crippen molar-refractivity contribution in [1.29, 1.82) is 0 Å². The summed E-state index contributed by atoms with van der Waals surface area (Å²) in [6, 6.07) is 12.7. The van der Waals surface area contributed by atoms with Crippen molar-refractivity contribution in [2.45, 2.75) is 18.7 Å². The predicted molar refractivity (Wildman–Crippen MR) is 119 cm³/mol. The van der Waals surface area contributed by atoms with Crippen LogP contribution < -0.4 is 4.72 Å². The van der Waals surface area contributed by atoms with E-state index in [1.807, 2.05) is 19.1 Å². The number of rotatable bonds is 3. The Balaban J connectivity index is 1.78. The summed E-state index contributed by atoms with van der Waals surface area (Å²) in [4.78, 5) is 8.42. The third kappa shape index (κ3) is 4.39. The number of sulfonamides is 1. The highest BCUT2D eigenvalue weighted by atomic mass is 32.2. The third-order valence-corrected chi connectivity index (χ3v) is 6.18. The van der Waals surface area contributed by atoms with E-state index < -0.39 is 15.8 Å². The smallest absolute Gasteiger partial charge is 0.264 e. The minimum atomic E-state index is -4.01. The molecule has 0 radical (unpaired) electrons. The van der Waals surface area contributed by atoms with Gasteiger partial charge in [-0.05, 0) is 55.3 Å². The molecule has 0 unspecified atom stereocenters.